The fourth-order valence-electron chi connectivity index (χ4n) is 3.85. The lowest BCUT2D eigenvalue weighted by atomic mass is 9.77. The van der Waals surface area contributed by atoms with Gasteiger partial charge in [0, 0.05) is 18.2 Å². The number of nitro groups is 1. The molecule has 0 spiro atoms. The molecule has 1 aromatic heterocycles. The van der Waals surface area contributed by atoms with Crippen LogP contribution in [0.15, 0.2) is 48.7 Å². The molecule has 6 nitrogen and oxygen atoms in total. The number of ether oxygens (including phenoxy) is 1. The summed E-state index contributed by atoms with van der Waals surface area (Å²) in [5.41, 5.74) is 2.50. The summed E-state index contributed by atoms with van der Waals surface area (Å²) in [4.78, 5) is 15.7. The molecule has 0 amide bonds. The van der Waals surface area contributed by atoms with Gasteiger partial charge in [-0.2, -0.15) is 0 Å². The lowest BCUT2D eigenvalue weighted by Crippen LogP contribution is -2.30. The molecule has 2 heterocycles. The Kier molecular flexibility index (Phi) is 3.45. The molecule has 24 heavy (non-hydrogen) atoms. The molecule has 1 aliphatic heterocycles. The van der Waals surface area contributed by atoms with E-state index in [2.05, 4.69) is 22.5 Å². The van der Waals surface area contributed by atoms with Gasteiger partial charge in [0.25, 0.3) is 5.69 Å². The van der Waals surface area contributed by atoms with E-state index in [9.17, 15) is 10.1 Å². The molecule has 0 fully saturated rings. The number of rotatable bonds is 3. The fraction of sp³-hybridized carbons (Fsp3) is 0.278. The van der Waals surface area contributed by atoms with Crippen molar-refractivity contribution in [2.45, 2.75) is 18.4 Å². The van der Waals surface area contributed by atoms with Crippen LogP contribution in [-0.4, -0.2) is 17.0 Å². The van der Waals surface area contributed by atoms with Gasteiger partial charge in [-0.15, -0.1) is 0 Å². The number of benzene rings is 1. The maximum Gasteiger partial charge on any atom is 0.275 e. The highest BCUT2D eigenvalue weighted by Crippen LogP contribution is 2.54. The first-order valence-electron chi connectivity index (χ1n) is 7.90. The summed E-state index contributed by atoms with van der Waals surface area (Å²) >= 11 is 0. The number of allylic oxidation sites excluding steroid dienone is 2. The van der Waals surface area contributed by atoms with E-state index in [-0.39, 0.29) is 28.5 Å². The predicted molar refractivity (Wildman–Crippen MR) is 90.2 cm³/mol. The van der Waals surface area contributed by atoms with Crippen molar-refractivity contribution in [2.75, 3.05) is 12.4 Å². The van der Waals surface area contributed by atoms with Crippen LogP contribution in [0, 0.1) is 16.0 Å². The topological polar surface area (TPSA) is 77.3 Å². The molecular weight excluding hydrogens is 306 g/mol. The second kappa shape index (κ2) is 5.63. The lowest BCUT2D eigenvalue weighted by molar-refractivity contribution is -0.385. The molecule has 6 heteroatoms. The molecule has 0 bridgehead atoms. The summed E-state index contributed by atoms with van der Waals surface area (Å²) in [7, 11) is 1.58. The Hall–Kier alpha value is -2.89. The van der Waals surface area contributed by atoms with Crippen molar-refractivity contribution in [1.29, 1.82) is 0 Å². The van der Waals surface area contributed by atoms with Crippen molar-refractivity contribution in [1.82, 2.24) is 4.98 Å². The molecule has 4 rings (SSSR count). The number of hydrogen-bond acceptors (Lipinski definition) is 5. The van der Waals surface area contributed by atoms with Gasteiger partial charge in [0.1, 0.15) is 5.75 Å². The number of fused-ring (bicyclic) bond motifs is 3. The number of nitrogens with zero attached hydrogens (tertiary/aromatic N) is 2. The molecule has 0 saturated heterocycles. The van der Waals surface area contributed by atoms with Crippen LogP contribution in [-0.2, 0) is 0 Å². The first-order valence-corrected chi connectivity index (χ1v) is 7.90. The van der Waals surface area contributed by atoms with Crippen molar-refractivity contribution in [2.24, 2.45) is 5.92 Å². The average molecular weight is 323 g/mol. The van der Waals surface area contributed by atoms with Crippen molar-refractivity contribution in [3.63, 3.8) is 0 Å². The van der Waals surface area contributed by atoms with Crippen molar-refractivity contribution >= 4 is 11.4 Å². The highest BCUT2D eigenvalue weighted by Gasteiger charge is 2.43. The summed E-state index contributed by atoms with van der Waals surface area (Å²) in [6.45, 7) is 0. The Morgan fingerprint density at radius 1 is 1.33 bits per heavy atom. The molecule has 2 aliphatic rings. The van der Waals surface area contributed by atoms with Crippen LogP contribution in [0.25, 0.3) is 0 Å². The SMILES string of the molecule is COc1ccc([N+](=O)[O-])c2c1N[C@H](c1ccccn1)[C@@H]1CC=C[C@H]21. The molecular formula is C18H17N3O3. The summed E-state index contributed by atoms with van der Waals surface area (Å²) in [5.74, 6) is 0.817. The Labute approximate surface area is 139 Å². The number of nitrogens with one attached hydrogen (secondary N) is 1. The third-order valence-corrected chi connectivity index (χ3v) is 4.88. The van der Waals surface area contributed by atoms with Crippen LogP contribution in [0.4, 0.5) is 11.4 Å². The molecule has 0 unspecified atom stereocenters. The summed E-state index contributed by atoms with van der Waals surface area (Å²) in [6.07, 6.45) is 6.82. The van der Waals surface area contributed by atoms with Gasteiger partial charge < -0.3 is 10.1 Å². The Morgan fingerprint density at radius 3 is 2.92 bits per heavy atom. The minimum atomic E-state index is -0.315. The van der Waals surface area contributed by atoms with Gasteiger partial charge in [0.05, 0.1) is 35.0 Å². The van der Waals surface area contributed by atoms with Gasteiger partial charge in [0.15, 0.2) is 0 Å². The normalized spacial score (nSPS) is 24.0. The third kappa shape index (κ3) is 2.14. The van der Waals surface area contributed by atoms with E-state index >= 15 is 0 Å². The van der Waals surface area contributed by atoms with E-state index in [1.165, 1.54) is 6.07 Å². The van der Waals surface area contributed by atoms with E-state index < -0.39 is 0 Å². The highest BCUT2D eigenvalue weighted by atomic mass is 16.6. The van der Waals surface area contributed by atoms with Crippen molar-refractivity contribution in [3.8, 4) is 5.75 Å². The maximum atomic E-state index is 11.5. The third-order valence-electron chi connectivity index (χ3n) is 4.88. The molecule has 122 valence electrons. The van der Waals surface area contributed by atoms with Gasteiger partial charge in [-0.25, -0.2) is 0 Å². The number of anilines is 1. The van der Waals surface area contributed by atoms with Crippen molar-refractivity contribution < 1.29 is 9.66 Å². The minimum absolute atomic E-state index is 0.00500. The molecule has 0 saturated carbocycles. The molecule has 0 radical (unpaired) electrons. The van der Waals surface area contributed by atoms with Gasteiger partial charge in [-0.3, -0.25) is 15.1 Å². The Bertz CT molecular complexity index is 820. The van der Waals surface area contributed by atoms with Gasteiger partial charge >= 0.3 is 0 Å². The smallest absolute Gasteiger partial charge is 0.275 e. The van der Waals surface area contributed by atoms with E-state index in [0.29, 0.717) is 17.0 Å². The number of pyridine rings is 1. The van der Waals surface area contributed by atoms with Crippen LogP contribution >= 0.6 is 0 Å². The number of methoxy groups -OCH3 is 1. The predicted octanol–water partition coefficient (Wildman–Crippen LogP) is 3.82. The van der Waals surface area contributed by atoms with E-state index in [4.69, 9.17) is 4.74 Å². The van der Waals surface area contributed by atoms with Gasteiger partial charge in [0.2, 0.25) is 0 Å². The first-order chi connectivity index (χ1) is 11.7. The van der Waals surface area contributed by atoms with Crippen LogP contribution < -0.4 is 10.1 Å². The Morgan fingerprint density at radius 2 is 2.21 bits per heavy atom. The molecule has 1 N–H and O–H groups in total. The number of nitro benzene ring substituents is 1. The summed E-state index contributed by atoms with van der Waals surface area (Å²) < 4.78 is 5.45. The molecule has 2 aromatic rings. The van der Waals surface area contributed by atoms with Gasteiger partial charge in [-0.05, 0) is 30.5 Å². The second-order valence-electron chi connectivity index (χ2n) is 6.06. The number of aromatic nitrogens is 1. The van der Waals surface area contributed by atoms with Crippen LogP contribution in [0.2, 0.25) is 0 Å². The molecule has 1 aromatic carbocycles. The Balaban J connectivity index is 1.90. The lowest BCUT2D eigenvalue weighted by Gasteiger charge is -2.37. The maximum absolute atomic E-state index is 11.5. The van der Waals surface area contributed by atoms with E-state index in [1.807, 2.05) is 18.2 Å². The number of hydrogen-bond donors (Lipinski definition) is 1. The van der Waals surface area contributed by atoms with E-state index in [0.717, 1.165) is 12.1 Å². The van der Waals surface area contributed by atoms with Crippen LogP contribution in [0.5, 0.6) is 5.75 Å². The fourth-order valence-corrected chi connectivity index (χ4v) is 3.85. The minimum Gasteiger partial charge on any atom is -0.495 e. The first kappa shape index (κ1) is 14.7. The van der Waals surface area contributed by atoms with Crippen LogP contribution in [0.3, 0.4) is 0 Å². The average Bonchev–Trinajstić information content (AvgIpc) is 3.10. The van der Waals surface area contributed by atoms with E-state index in [1.54, 1.807) is 19.4 Å². The monoisotopic (exact) mass is 323 g/mol. The highest BCUT2D eigenvalue weighted by molar-refractivity contribution is 5.73. The quantitative estimate of drug-likeness (QED) is 0.528. The van der Waals surface area contributed by atoms with Crippen LogP contribution in [0.1, 0.15) is 29.6 Å². The zero-order valence-electron chi connectivity index (χ0n) is 13.2. The van der Waals surface area contributed by atoms with Crippen molar-refractivity contribution in [3.05, 3.63) is 70.1 Å². The molecule has 1 aliphatic carbocycles. The zero-order chi connectivity index (χ0) is 16.7. The standard InChI is InChI=1S/C18H17N3O3/c1-24-15-9-8-14(21(22)23)16-11-5-4-6-12(11)17(20-18(15)16)13-7-2-3-10-19-13/h2-5,7-12,17,20H,6H2,1H3/t11-,12+,17-/m0/s1. The zero-order valence-corrected chi connectivity index (χ0v) is 13.2. The summed E-state index contributed by atoms with van der Waals surface area (Å²) in [6, 6.07) is 9.01. The molecule has 3 atom stereocenters. The summed E-state index contributed by atoms with van der Waals surface area (Å²) in [5, 5.41) is 15.0. The largest absolute Gasteiger partial charge is 0.495 e. The second-order valence-corrected chi connectivity index (χ2v) is 6.06. The van der Waals surface area contributed by atoms with Gasteiger partial charge in [-0.1, -0.05) is 18.2 Å².